The number of hydrogen-bond acceptors (Lipinski definition) is 5. The normalized spacial score (nSPS) is 12.5. The van der Waals surface area contributed by atoms with Gasteiger partial charge >= 0.3 is 0 Å². The summed E-state index contributed by atoms with van der Waals surface area (Å²) >= 11 is 3.19. The second-order valence-electron chi connectivity index (χ2n) is 3.97. The van der Waals surface area contributed by atoms with Gasteiger partial charge in [-0.3, -0.25) is 10.1 Å². The molecule has 94 valence electrons. The zero-order valence-corrected chi connectivity index (χ0v) is 11.1. The Morgan fingerprint density at radius 2 is 2.29 bits per heavy atom. The van der Waals surface area contributed by atoms with Crippen molar-refractivity contribution in [1.29, 1.82) is 0 Å². The average Bonchev–Trinajstić information content (AvgIpc) is 2.26. The molecule has 0 amide bonds. The summed E-state index contributed by atoms with van der Waals surface area (Å²) in [4.78, 5) is 13.9. The van der Waals surface area contributed by atoms with E-state index >= 15 is 0 Å². The molecule has 0 saturated heterocycles. The van der Waals surface area contributed by atoms with E-state index in [9.17, 15) is 15.2 Å². The largest absolute Gasteiger partial charge is 0.391 e. The molecule has 0 aliphatic heterocycles. The minimum atomic E-state index is -0.509. The molecule has 0 aliphatic carbocycles. The first-order valence-corrected chi connectivity index (χ1v) is 5.93. The number of pyridine rings is 1. The van der Waals surface area contributed by atoms with Crippen molar-refractivity contribution in [3.63, 3.8) is 0 Å². The number of halogens is 1. The highest BCUT2D eigenvalue weighted by atomic mass is 79.9. The van der Waals surface area contributed by atoms with Gasteiger partial charge in [0.1, 0.15) is 12.0 Å². The first-order valence-electron chi connectivity index (χ1n) is 5.13. The summed E-state index contributed by atoms with van der Waals surface area (Å²) < 4.78 is 0.502. The standard InChI is InChI=1S/C10H14BrN3O3/c1-6(2)9(15)5-13-10-8(11)3-7(4-12-10)14(16)17/h3-4,6,9,15H,5H2,1-2H3,(H,12,13). The molecule has 0 saturated carbocycles. The molecule has 1 heterocycles. The first kappa shape index (κ1) is 13.9. The molecular weight excluding hydrogens is 290 g/mol. The van der Waals surface area contributed by atoms with Crippen molar-refractivity contribution in [2.24, 2.45) is 5.92 Å². The Labute approximate surface area is 107 Å². The number of nitrogens with one attached hydrogen (secondary N) is 1. The third-order valence-electron chi connectivity index (χ3n) is 2.29. The molecule has 7 heteroatoms. The SMILES string of the molecule is CC(C)C(O)CNc1ncc([N+](=O)[O-])cc1Br. The second-order valence-corrected chi connectivity index (χ2v) is 4.83. The molecule has 0 bridgehead atoms. The van der Waals surface area contributed by atoms with Crippen molar-refractivity contribution in [2.45, 2.75) is 20.0 Å². The Bertz CT molecular complexity index is 412. The molecular formula is C10H14BrN3O3. The van der Waals surface area contributed by atoms with Gasteiger partial charge in [-0.2, -0.15) is 0 Å². The maximum Gasteiger partial charge on any atom is 0.288 e. The molecule has 1 rings (SSSR count). The number of nitro groups is 1. The van der Waals surface area contributed by atoms with E-state index in [0.717, 1.165) is 0 Å². The van der Waals surface area contributed by atoms with Gasteiger partial charge in [-0.05, 0) is 21.8 Å². The molecule has 1 atom stereocenters. The van der Waals surface area contributed by atoms with E-state index in [1.807, 2.05) is 13.8 Å². The van der Waals surface area contributed by atoms with Crippen molar-refractivity contribution in [1.82, 2.24) is 4.98 Å². The van der Waals surface area contributed by atoms with Crippen LogP contribution in [0.4, 0.5) is 11.5 Å². The molecule has 1 aromatic heterocycles. The smallest absolute Gasteiger partial charge is 0.288 e. The van der Waals surface area contributed by atoms with Crippen molar-refractivity contribution >= 4 is 27.4 Å². The zero-order valence-electron chi connectivity index (χ0n) is 9.55. The molecule has 2 N–H and O–H groups in total. The third kappa shape index (κ3) is 3.94. The van der Waals surface area contributed by atoms with Gasteiger partial charge in [0.25, 0.3) is 5.69 Å². The highest BCUT2D eigenvalue weighted by molar-refractivity contribution is 9.10. The topological polar surface area (TPSA) is 88.3 Å². The van der Waals surface area contributed by atoms with Gasteiger partial charge in [-0.15, -0.1) is 0 Å². The van der Waals surface area contributed by atoms with E-state index in [2.05, 4.69) is 26.2 Å². The Balaban J connectivity index is 2.70. The molecule has 0 aliphatic rings. The van der Waals surface area contributed by atoms with E-state index < -0.39 is 11.0 Å². The van der Waals surface area contributed by atoms with Crippen LogP contribution in [0.1, 0.15) is 13.8 Å². The fraction of sp³-hybridized carbons (Fsp3) is 0.500. The Kier molecular flexibility index (Phi) is 4.83. The molecule has 0 radical (unpaired) electrons. The predicted molar refractivity (Wildman–Crippen MR) is 67.9 cm³/mol. The summed E-state index contributed by atoms with van der Waals surface area (Å²) in [5, 5.41) is 23.0. The molecule has 1 aromatic rings. The minimum absolute atomic E-state index is 0.0770. The number of aliphatic hydroxyl groups excluding tert-OH is 1. The number of rotatable bonds is 5. The van der Waals surface area contributed by atoms with Crippen LogP contribution in [-0.4, -0.2) is 27.7 Å². The Morgan fingerprint density at radius 1 is 1.65 bits per heavy atom. The number of aromatic nitrogens is 1. The highest BCUT2D eigenvalue weighted by Gasteiger charge is 2.13. The summed E-state index contributed by atoms with van der Waals surface area (Å²) in [6.07, 6.45) is 0.688. The third-order valence-corrected chi connectivity index (χ3v) is 2.89. The lowest BCUT2D eigenvalue weighted by Crippen LogP contribution is -2.25. The fourth-order valence-corrected chi connectivity index (χ4v) is 1.57. The van der Waals surface area contributed by atoms with Crippen LogP contribution in [0.15, 0.2) is 16.7 Å². The van der Waals surface area contributed by atoms with Gasteiger partial charge < -0.3 is 10.4 Å². The number of aliphatic hydroxyl groups is 1. The summed E-state index contributed by atoms with van der Waals surface area (Å²) in [5.74, 6) is 0.620. The Hall–Kier alpha value is -1.21. The van der Waals surface area contributed by atoms with E-state index in [4.69, 9.17) is 0 Å². The van der Waals surface area contributed by atoms with Gasteiger partial charge in [0.15, 0.2) is 0 Å². The lowest BCUT2D eigenvalue weighted by Gasteiger charge is -2.15. The first-order chi connectivity index (χ1) is 7.91. The molecule has 1 unspecified atom stereocenters. The van der Waals surface area contributed by atoms with Crippen molar-refractivity contribution in [3.8, 4) is 0 Å². The van der Waals surface area contributed by atoms with Crippen LogP contribution in [0.25, 0.3) is 0 Å². The number of anilines is 1. The second kappa shape index (κ2) is 5.92. The van der Waals surface area contributed by atoms with E-state index in [1.165, 1.54) is 12.3 Å². The van der Waals surface area contributed by atoms with Crippen molar-refractivity contribution < 1.29 is 10.0 Å². The molecule has 0 fully saturated rings. The van der Waals surface area contributed by atoms with Gasteiger partial charge in [0, 0.05) is 12.6 Å². The average molecular weight is 304 g/mol. The van der Waals surface area contributed by atoms with E-state index in [1.54, 1.807) is 0 Å². The lowest BCUT2D eigenvalue weighted by molar-refractivity contribution is -0.385. The van der Waals surface area contributed by atoms with Crippen molar-refractivity contribution in [2.75, 3.05) is 11.9 Å². The molecule has 17 heavy (non-hydrogen) atoms. The maximum absolute atomic E-state index is 10.5. The number of nitrogens with zero attached hydrogens (tertiary/aromatic N) is 2. The van der Waals surface area contributed by atoms with Gasteiger partial charge in [-0.25, -0.2) is 4.98 Å². The van der Waals surface area contributed by atoms with Crippen LogP contribution < -0.4 is 5.32 Å². The predicted octanol–water partition coefficient (Wildman–Crippen LogP) is 2.18. The monoisotopic (exact) mass is 303 g/mol. The molecule has 0 spiro atoms. The summed E-state index contributed by atoms with van der Waals surface area (Å²) in [7, 11) is 0. The van der Waals surface area contributed by atoms with Crippen LogP contribution in [0.3, 0.4) is 0 Å². The van der Waals surface area contributed by atoms with Crippen LogP contribution >= 0.6 is 15.9 Å². The maximum atomic E-state index is 10.5. The summed E-state index contributed by atoms with van der Waals surface area (Å²) in [6, 6.07) is 1.37. The molecule has 6 nitrogen and oxygen atoms in total. The molecule has 0 aromatic carbocycles. The fourth-order valence-electron chi connectivity index (χ4n) is 1.09. The number of hydrogen-bond donors (Lipinski definition) is 2. The van der Waals surface area contributed by atoms with Gasteiger partial charge in [-0.1, -0.05) is 13.8 Å². The van der Waals surface area contributed by atoms with Crippen LogP contribution in [0.2, 0.25) is 0 Å². The lowest BCUT2D eigenvalue weighted by atomic mass is 10.1. The van der Waals surface area contributed by atoms with Crippen molar-refractivity contribution in [3.05, 3.63) is 26.9 Å². The highest BCUT2D eigenvalue weighted by Crippen LogP contribution is 2.24. The Morgan fingerprint density at radius 3 is 2.76 bits per heavy atom. The van der Waals surface area contributed by atoms with Crippen LogP contribution in [0.5, 0.6) is 0 Å². The van der Waals surface area contributed by atoms with E-state index in [-0.39, 0.29) is 11.6 Å². The minimum Gasteiger partial charge on any atom is -0.391 e. The van der Waals surface area contributed by atoms with Gasteiger partial charge in [0.2, 0.25) is 0 Å². The zero-order chi connectivity index (χ0) is 13.0. The van der Waals surface area contributed by atoms with Crippen LogP contribution in [0, 0.1) is 16.0 Å². The van der Waals surface area contributed by atoms with Gasteiger partial charge in [0.05, 0.1) is 15.5 Å². The quantitative estimate of drug-likeness (QED) is 0.643. The summed E-state index contributed by atoms with van der Waals surface area (Å²) in [6.45, 7) is 4.16. The van der Waals surface area contributed by atoms with Crippen LogP contribution in [-0.2, 0) is 0 Å². The summed E-state index contributed by atoms with van der Waals surface area (Å²) in [5.41, 5.74) is -0.0770. The van der Waals surface area contributed by atoms with E-state index in [0.29, 0.717) is 16.8 Å².